The fraction of sp³-hybridized carbons (Fsp3) is 0.238. The molecule has 0 spiro atoms. The highest BCUT2D eigenvalue weighted by atomic mass is 32.1. The van der Waals surface area contributed by atoms with Crippen molar-refractivity contribution in [1.82, 2.24) is 19.8 Å². The number of carbonyl (C=O) groups excluding carboxylic acids is 3. The average Bonchev–Trinajstić information content (AvgIpc) is 3.37. The molecule has 1 fully saturated rings. The zero-order valence-electron chi connectivity index (χ0n) is 15.7. The van der Waals surface area contributed by atoms with E-state index < -0.39 is 6.04 Å². The van der Waals surface area contributed by atoms with Gasteiger partial charge in [-0.3, -0.25) is 19.7 Å². The van der Waals surface area contributed by atoms with E-state index in [0.717, 1.165) is 27.4 Å². The number of rotatable bonds is 3. The molecule has 1 aromatic carbocycles. The van der Waals surface area contributed by atoms with Crippen LogP contribution < -0.4 is 5.32 Å². The average molecular weight is 406 g/mol. The molecular weight excluding hydrogens is 388 g/mol. The first-order valence-electron chi connectivity index (χ1n) is 9.37. The Kier molecular flexibility index (Phi) is 4.09. The molecular formula is C21H18N4O3S. The number of aromatic nitrogens is 2. The monoisotopic (exact) mass is 406 g/mol. The fourth-order valence-electron chi connectivity index (χ4n) is 4.01. The molecule has 0 aliphatic carbocycles. The minimum atomic E-state index is -0.585. The number of fused-ring (bicyclic) bond motifs is 1. The summed E-state index contributed by atoms with van der Waals surface area (Å²) < 4.78 is 1.98. The van der Waals surface area contributed by atoms with Crippen LogP contribution in [0.4, 0.5) is 0 Å². The fourth-order valence-corrected chi connectivity index (χ4v) is 5.13. The van der Waals surface area contributed by atoms with Gasteiger partial charge in [0.25, 0.3) is 5.91 Å². The van der Waals surface area contributed by atoms with E-state index in [2.05, 4.69) is 10.3 Å². The molecule has 29 heavy (non-hydrogen) atoms. The van der Waals surface area contributed by atoms with Gasteiger partial charge in [0.05, 0.1) is 21.8 Å². The van der Waals surface area contributed by atoms with Gasteiger partial charge in [-0.25, -0.2) is 4.98 Å². The van der Waals surface area contributed by atoms with Crippen molar-refractivity contribution >= 4 is 29.1 Å². The Morgan fingerprint density at radius 1 is 1.17 bits per heavy atom. The summed E-state index contributed by atoms with van der Waals surface area (Å²) in [6.07, 6.45) is 2.41. The molecule has 2 aliphatic heterocycles. The van der Waals surface area contributed by atoms with Crippen LogP contribution in [0.15, 0.2) is 42.7 Å². The van der Waals surface area contributed by atoms with Crippen LogP contribution in [0.5, 0.6) is 0 Å². The third-order valence-corrected chi connectivity index (χ3v) is 6.58. The van der Waals surface area contributed by atoms with E-state index in [4.69, 9.17) is 0 Å². The maximum atomic E-state index is 13.0. The maximum Gasteiger partial charge on any atom is 0.265 e. The van der Waals surface area contributed by atoms with Crippen LogP contribution >= 0.6 is 11.3 Å². The van der Waals surface area contributed by atoms with E-state index in [1.165, 1.54) is 11.3 Å². The van der Waals surface area contributed by atoms with Gasteiger partial charge in [0.2, 0.25) is 11.8 Å². The van der Waals surface area contributed by atoms with Crippen LogP contribution in [-0.4, -0.2) is 38.2 Å². The van der Waals surface area contributed by atoms with Gasteiger partial charge in [-0.15, -0.1) is 11.3 Å². The second-order valence-corrected chi connectivity index (χ2v) is 8.34. The van der Waals surface area contributed by atoms with Gasteiger partial charge in [0, 0.05) is 25.6 Å². The molecule has 2 aromatic heterocycles. The van der Waals surface area contributed by atoms with Crippen molar-refractivity contribution in [2.24, 2.45) is 7.05 Å². The smallest absolute Gasteiger partial charge is 0.265 e. The van der Waals surface area contributed by atoms with Crippen molar-refractivity contribution in [3.05, 3.63) is 53.2 Å². The number of nitrogens with one attached hydrogen (secondary N) is 1. The van der Waals surface area contributed by atoms with Crippen LogP contribution in [0, 0.1) is 0 Å². The van der Waals surface area contributed by atoms with Crippen molar-refractivity contribution in [2.45, 2.75) is 25.4 Å². The molecule has 0 radical (unpaired) electrons. The Morgan fingerprint density at radius 2 is 1.97 bits per heavy atom. The van der Waals surface area contributed by atoms with Crippen molar-refractivity contribution in [3.8, 4) is 21.8 Å². The SMILES string of the molecule is Cn1cnc(-c2cc3c(s2)C(=O)N(C2CCC(=O)NC2=O)C3)c1-c1ccccc1. The van der Waals surface area contributed by atoms with Crippen molar-refractivity contribution in [2.75, 3.05) is 0 Å². The molecule has 1 unspecified atom stereocenters. The van der Waals surface area contributed by atoms with E-state index in [9.17, 15) is 14.4 Å². The van der Waals surface area contributed by atoms with Gasteiger partial charge >= 0.3 is 0 Å². The first-order valence-corrected chi connectivity index (χ1v) is 10.2. The van der Waals surface area contributed by atoms with Crippen molar-refractivity contribution in [1.29, 1.82) is 0 Å². The highest BCUT2D eigenvalue weighted by Gasteiger charge is 2.40. The molecule has 1 N–H and O–H groups in total. The van der Waals surface area contributed by atoms with Gasteiger partial charge in [0.1, 0.15) is 11.7 Å². The molecule has 8 heteroatoms. The molecule has 7 nitrogen and oxygen atoms in total. The zero-order chi connectivity index (χ0) is 20.1. The minimum Gasteiger partial charge on any atom is -0.333 e. The summed E-state index contributed by atoms with van der Waals surface area (Å²) in [7, 11) is 1.95. The van der Waals surface area contributed by atoms with Crippen LogP contribution in [0.25, 0.3) is 21.8 Å². The second kappa shape index (κ2) is 6.66. The second-order valence-electron chi connectivity index (χ2n) is 7.28. The summed E-state index contributed by atoms with van der Waals surface area (Å²) >= 11 is 1.41. The topological polar surface area (TPSA) is 84.3 Å². The minimum absolute atomic E-state index is 0.150. The lowest BCUT2D eigenvalue weighted by molar-refractivity contribution is -0.136. The third-order valence-electron chi connectivity index (χ3n) is 5.41. The molecule has 5 rings (SSSR count). The Morgan fingerprint density at radius 3 is 2.69 bits per heavy atom. The van der Waals surface area contributed by atoms with Crippen LogP contribution in [0.3, 0.4) is 0 Å². The first kappa shape index (κ1) is 17.8. The summed E-state index contributed by atoms with van der Waals surface area (Å²) in [4.78, 5) is 44.3. The lowest BCUT2D eigenvalue weighted by Gasteiger charge is -2.29. The summed E-state index contributed by atoms with van der Waals surface area (Å²) in [6.45, 7) is 0.379. The standard InChI is InChI=1S/C21H18N4O3S/c1-24-11-22-17(18(24)12-5-3-2-4-6-12)15-9-13-10-25(21(28)19(13)29-15)14-7-8-16(26)23-20(14)27/h2-6,9,11,14H,7-8,10H2,1H3,(H,23,26,27). The lowest BCUT2D eigenvalue weighted by atomic mass is 10.0. The van der Waals surface area contributed by atoms with Gasteiger partial charge < -0.3 is 9.47 Å². The molecule has 3 aromatic rings. The van der Waals surface area contributed by atoms with E-state index in [1.54, 1.807) is 11.2 Å². The number of imide groups is 1. The number of amides is 3. The number of thiophene rings is 1. The number of aryl methyl sites for hydroxylation is 1. The number of piperidine rings is 1. The van der Waals surface area contributed by atoms with Gasteiger partial charge in [-0.05, 0) is 18.1 Å². The van der Waals surface area contributed by atoms with E-state index in [0.29, 0.717) is 17.8 Å². The lowest BCUT2D eigenvalue weighted by Crippen LogP contribution is -2.52. The van der Waals surface area contributed by atoms with Crippen molar-refractivity contribution < 1.29 is 14.4 Å². The van der Waals surface area contributed by atoms with Gasteiger partial charge in [0.15, 0.2) is 0 Å². The molecule has 0 saturated carbocycles. The summed E-state index contributed by atoms with van der Waals surface area (Å²) in [5, 5.41) is 2.33. The Bertz CT molecular complexity index is 1150. The molecule has 1 saturated heterocycles. The predicted octanol–water partition coefficient (Wildman–Crippen LogP) is 2.58. The molecule has 1 atom stereocenters. The Hall–Kier alpha value is -3.26. The molecule has 146 valence electrons. The van der Waals surface area contributed by atoms with Gasteiger partial charge in [-0.2, -0.15) is 0 Å². The summed E-state index contributed by atoms with van der Waals surface area (Å²) in [5.41, 5.74) is 3.82. The highest BCUT2D eigenvalue weighted by Crippen LogP contribution is 2.40. The summed E-state index contributed by atoms with van der Waals surface area (Å²) in [5.74, 6) is -0.817. The maximum absolute atomic E-state index is 13.0. The number of carbonyl (C=O) groups is 3. The Balaban J connectivity index is 1.46. The summed E-state index contributed by atoms with van der Waals surface area (Å²) in [6, 6.07) is 11.4. The van der Waals surface area contributed by atoms with E-state index in [1.807, 2.05) is 48.0 Å². The van der Waals surface area contributed by atoms with E-state index in [-0.39, 0.29) is 24.1 Å². The number of imidazole rings is 1. The zero-order valence-corrected chi connectivity index (χ0v) is 16.5. The molecule has 2 aliphatic rings. The third kappa shape index (κ3) is 2.87. The number of nitrogens with zero attached hydrogens (tertiary/aromatic N) is 3. The van der Waals surface area contributed by atoms with E-state index >= 15 is 0 Å². The largest absolute Gasteiger partial charge is 0.333 e. The van der Waals surface area contributed by atoms with Crippen LogP contribution in [0.2, 0.25) is 0 Å². The molecule has 3 amide bonds. The number of benzene rings is 1. The normalized spacial score (nSPS) is 18.9. The predicted molar refractivity (Wildman–Crippen MR) is 108 cm³/mol. The highest BCUT2D eigenvalue weighted by molar-refractivity contribution is 7.17. The van der Waals surface area contributed by atoms with Crippen LogP contribution in [-0.2, 0) is 23.2 Å². The quantitative estimate of drug-likeness (QED) is 0.678. The Labute approximate surface area is 171 Å². The first-order chi connectivity index (χ1) is 14.0. The number of hydrogen-bond donors (Lipinski definition) is 1. The molecule has 0 bridgehead atoms. The van der Waals surface area contributed by atoms with Gasteiger partial charge in [-0.1, -0.05) is 30.3 Å². The van der Waals surface area contributed by atoms with Crippen LogP contribution in [0.1, 0.15) is 28.1 Å². The molecule has 4 heterocycles. The number of hydrogen-bond acceptors (Lipinski definition) is 5. The van der Waals surface area contributed by atoms with Crippen molar-refractivity contribution in [3.63, 3.8) is 0 Å².